The normalized spacial score (nSPS) is 9.50. The van der Waals surface area contributed by atoms with Gasteiger partial charge in [0.15, 0.2) is 5.78 Å². The summed E-state index contributed by atoms with van der Waals surface area (Å²) in [6.45, 7) is 0. The number of hydrogen-bond acceptors (Lipinski definition) is 3. The quantitative estimate of drug-likeness (QED) is 0.497. The van der Waals surface area contributed by atoms with E-state index in [1.807, 2.05) is 28.7 Å². The second kappa shape index (κ2) is 4.75. The molecule has 1 rings (SSSR count). The standard InChI is InChI=1S/C9H5BrINO2/c10-3-8(13)6-1-5(4-12)2-7(11)9(6)14/h1-2,14H,3H2. The average Bonchev–Trinajstić information content (AvgIpc) is 2.20. The highest BCUT2D eigenvalue weighted by Gasteiger charge is 2.13. The van der Waals surface area contributed by atoms with Crippen LogP contribution in [0.3, 0.4) is 0 Å². The highest BCUT2D eigenvalue weighted by Crippen LogP contribution is 2.26. The minimum Gasteiger partial charge on any atom is -0.506 e. The first-order valence-corrected chi connectivity index (χ1v) is 5.82. The van der Waals surface area contributed by atoms with Crippen molar-refractivity contribution in [2.75, 3.05) is 5.33 Å². The zero-order valence-corrected chi connectivity index (χ0v) is 10.7. The molecule has 0 aromatic heterocycles. The van der Waals surface area contributed by atoms with E-state index in [4.69, 9.17) is 5.26 Å². The average molecular weight is 366 g/mol. The van der Waals surface area contributed by atoms with Crippen molar-refractivity contribution in [1.82, 2.24) is 0 Å². The number of phenols is 1. The Morgan fingerprint density at radius 3 is 2.79 bits per heavy atom. The molecule has 0 bridgehead atoms. The van der Waals surface area contributed by atoms with Crippen LogP contribution >= 0.6 is 38.5 Å². The third-order valence-corrected chi connectivity index (χ3v) is 2.95. The molecule has 0 radical (unpaired) electrons. The van der Waals surface area contributed by atoms with E-state index < -0.39 is 0 Å². The van der Waals surface area contributed by atoms with Crippen molar-refractivity contribution in [2.24, 2.45) is 0 Å². The van der Waals surface area contributed by atoms with Crippen molar-refractivity contribution in [3.8, 4) is 11.8 Å². The molecule has 5 heteroatoms. The first kappa shape index (κ1) is 11.5. The molecule has 1 aromatic rings. The summed E-state index contributed by atoms with van der Waals surface area (Å²) in [4.78, 5) is 11.3. The fraction of sp³-hybridized carbons (Fsp3) is 0.111. The number of nitriles is 1. The zero-order valence-electron chi connectivity index (χ0n) is 6.92. The predicted octanol–water partition coefficient (Wildman–Crippen LogP) is 2.45. The van der Waals surface area contributed by atoms with E-state index >= 15 is 0 Å². The summed E-state index contributed by atoms with van der Waals surface area (Å²) in [6.07, 6.45) is 0. The van der Waals surface area contributed by atoms with Crippen molar-refractivity contribution in [2.45, 2.75) is 0 Å². The lowest BCUT2D eigenvalue weighted by Gasteiger charge is -2.04. The van der Waals surface area contributed by atoms with Gasteiger partial charge in [-0.3, -0.25) is 4.79 Å². The monoisotopic (exact) mass is 365 g/mol. The van der Waals surface area contributed by atoms with Crippen molar-refractivity contribution < 1.29 is 9.90 Å². The topological polar surface area (TPSA) is 61.1 Å². The van der Waals surface area contributed by atoms with Crippen LogP contribution in [0.25, 0.3) is 0 Å². The van der Waals surface area contributed by atoms with Crippen LogP contribution in [-0.2, 0) is 0 Å². The molecule has 0 heterocycles. The summed E-state index contributed by atoms with van der Waals surface area (Å²) in [5, 5.41) is 18.4. The highest BCUT2D eigenvalue weighted by molar-refractivity contribution is 14.1. The van der Waals surface area contributed by atoms with Crippen LogP contribution in [0, 0.1) is 14.9 Å². The van der Waals surface area contributed by atoms with Gasteiger partial charge in [-0.2, -0.15) is 5.26 Å². The molecule has 3 nitrogen and oxygen atoms in total. The van der Waals surface area contributed by atoms with Gasteiger partial charge in [0.05, 0.1) is 26.1 Å². The third kappa shape index (κ3) is 2.25. The molecule has 0 saturated heterocycles. The van der Waals surface area contributed by atoms with Gasteiger partial charge >= 0.3 is 0 Å². The van der Waals surface area contributed by atoms with E-state index in [1.165, 1.54) is 12.1 Å². The summed E-state index contributed by atoms with van der Waals surface area (Å²) in [5.74, 6) is -0.299. The number of halogens is 2. The van der Waals surface area contributed by atoms with Crippen LogP contribution in [0.1, 0.15) is 15.9 Å². The lowest BCUT2D eigenvalue weighted by atomic mass is 10.1. The number of ketones is 1. The van der Waals surface area contributed by atoms with E-state index in [0.717, 1.165) is 0 Å². The van der Waals surface area contributed by atoms with Gasteiger partial charge in [0, 0.05) is 0 Å². The molecule has 0 aliphatic rings. The van der Waals surface area contributed by atoms with Gasteiger partial charge in [-0.05, 0) is 34.7 Å². The Morgan fingerprint density at radius 1 is 1.64 bits per heavy atom. The SMILES string of the molecule is N#Cc1cc(I)c(O)c(C(=O)CBr)c1. The second-order valence-corrected chi connectivity index (χ2v) is 4.25. The summed E-state index contributed by atoms with van der Waals surface area (Å²) in [7, 11) is 0. The Kier molecular flexibility index (Phi) is 3.89. The summed E-state index contributed by atoms with van der Waals surface area (Å²) in [5.41, 5.74) is 0.557. The molecule has 0 fully saturated rings. The first-order valence-electron chi connectivity index (χ1n) is 3.62. The number of Topliss-reactive ketones (excluding diaryl/α,β-unsaturated/α-hetero) is 1. The number of alkyl halides is 1. The number of nitrogens with zero attached hydrogens (tertiary/aromatic N) is 1. The molecule has 0 saturated carbocycles. The van der Waals surface area contributed by atoms with Crippen molar-refractivity contribution in [3.05, 3.63) is 26.8 Å². The molecule has 0 unspecified atom stereocenters. The van der Waals surface area contributed by atoms with Crippen molar-refractivity contribution >= 4 is 44.3 Å². The maximum atomic E-state index is 11.3. The van der Waals surface area contributed by atoms with Crippen LogP contribution in [0.15, 0.2) is 12.1 Å². The number of carbonyl (C=O) groups is 1. The van der Waals surface area contributed by atoms with Gasteiger partial charge in [-0.25, -0.2) is 0 Å². The van der Waals surface area contributed by atoms with E-state index in [-0.39, 0.29) is 22.4 Å². The summed E-state index contributed by atoms with van der Waals surface area (Å²) < 4.78 is 0.506. The smallest absolute Gasteiger partial charge is 0.177 e. The number of aromatic hydroxyl groups is 1. The zero-order chi connectivity index (χ0) is 10.7. The third-order valence-electron chi connectivity index (χ3n) is 1.61. The summed E-state index contributed by atoms with van der Waals surface area (Å²) >= 11 is 4.89. The fourth-order valence-electron chi connectivity index (χ4n) is 0.948. The van der Waals surface area contributed by atoms with Crippen molar-refractivity contribution in [1.29, 1.82) is 5.26 Å². The Labute approximate surface area is 103 Å². The minimum absolute atomic E-state index is 0.0611. The Hall–Kier alpha value is -0.610. The van der Waals surface area contributed by atoms with Gasteiger partial charge in [-0.15, -0.1) is 0 Å². The molecule has 72 valence electrons. The first-order chi connectivity index (χ1) is 6.60. The van der Waals surface area contributed by atoms with Gasteiger partial charge in [0.1, 0.15) is 5.75 Å². The number of benzene rings is 1. The Morgan fingerprint density at radius 2 is 2.29 bits per heavy atom. The molecule has 1 aromatic carbocycles. The maximum Gasteiger partial charge on any atom is 0.177 e. The maximum absolute atomic E-state index is 11.3. The van der Waals surface area contributed by atoms with Gasteiger partial charge in [0.2, 0.25) is 0 Å². The molecule has 14 heavy (non-hydrogen) atoms. The van der Waals surface area contributed by atoms with Gasteiger partial charge in [0.25, 0.3) is 0 Å². The van der Waals surface area contributed by atoms with Crippen LogP contribution in [0.2, 0.25) is 0 Å². The molecule has 0 aliphatic carbocycles. The highest BCUT2D eigenvalue weighted by atomic mass is 127. The van der Waals surface area contributed by atoms with Crippen LogP contribution in [0.5, 0.6) is 5.75 Å². The fourth-order valence-corrected chi connectivity index (χ4v) is 1.88. The largest absolute Gasteiger partial charge is 0.506 e. The van der Waals surface area contributed by atoms with Gasteiger partial charge in [-0.1, -0.05) is 15.9 Å². The Bertz CT molecular complexity index is 426. The number of carbonyl (C=O) groups excluding carboxylic acids is 1. The molecule has 0 atom stereocenters. The van der Waals surface area contributed by atoms with E-state index in [1.54, 1.807) is 0 Å². The number of hydrogen-bond donors (Lipinski definition) is 1. The number of phenolic OH excluding ortho intramolecular Hbond substituents is 1. The van der Waals surface area contributed by atoms with Crippen LogP contribution < -0.4 is 0 Å². The van der Waals surface area contributed by atoms with Crippen molar-refractivity contribution in [3.63, 3.8) is 0 Å². The lowest BCUT2D eigenvalue weighted by molar-refractivity contribution is 0.102. The molecule has 0 aliphatic heterocycles. The molecule has 1 N–H and O–H groups in total. The predicted molar refractivity (Wildman–Crippen MR) is 63.7 cm³/mol. The molecular weight excluding hydrogens is 361 g/mol. The summed E-state index contributed by atoms with van der Waals surface area (Å²) in [6, 6.07) is 4.85. The van der Waals surface area contributed by atoms with Gasteiger partial charge < -0.3 is 5.11 Å². The van der Waals surface area contributed by atoms with Crippen LogP contribution in [-0.4, -0.2) is 16.2 Å². The van der Waals surface area contributed by atoms with Crippen LogP contribution in [0.4, 0.5) is 0 Å². The second-order valence-electron chi connectivity index (χ2n) is 2.52. The van der Waals surface area contributed by atoms with E-state index in [9.17, 15) is 9.90 Å². The lowest BCUT2D eigenvalue weighted by Crippen LogP contribution is -2.02. The molecular formula is C9H5BrINO2. The van der Waals surface area contributed by atoms with E-state index in [0.29, 0.717) is 9.13 Å². The van der Waals surface area contributed by atoms with E-state index in [2.05, 4.69) is 15.9 Å². The minimum atomic E-state index is -0.238. The molecule has 0 amide bonds. The number of rotatable bonds is 2. The Balaban J connectivity index is 3.36. The molecule has 0 spiro atoms.